The Balaban J connectivity index is 3.27. The standard InChI is InChI=1S/C6H7N3/c1-5-4-8-9(3)6(5)7-2/h4H,1,3H3. The third-order valence-corrected chi connectivity index (χ3v) is 1.19. The van der Waals surface area contributed by atoms with Crippen LogP contribution in [0.5, 0.6) is 0 Å². The average molecular weight is 121 g/mol. The summed E-state index contributed by atoms with van der Waals surface area (Å²) in [7, 11) is 1.76. The summed E-state index contributed by atoms with van der Waals surface area (Å²) >= 11 is 0. The zero-order chi connectivity index (χ0) is 6.85. The largest absolute Gasteiger partial charge is 0.362 e. The van der Waals surface area contributed by atoms with Crippen LogP contribution in [-0.4, -0.2) is 9.78 Å². The van der Waals surface area contributed by atoms with Crippen molar-refractivity contribution < 1.29 is 0 Å². The molecule has 0 spiro atoms. The molecular weight excluding hydrogens is 114 g/mol. The van der Waals surface area contributed by atoms with Crippen molar-refractivity contribution in [3.63, 3.8) is 0 Å². The lowest BCUT2D eigenvalue weighted by molar-refractivity contribution is 0.782. The van der Waals surface area contributed by atoms with Gasteiger partial charge < -0.3 is 4.85 Å². The Morgan fingerprint density at radius 1 is 1.78 bits per heavy atom. The summed E-state index contributed by atoms with van der Waals surface area (Å²) in [5.74, 6) is 0.620. The molecule has 3 nitrogen and oxygen atoms in total. The third-order valence-electron chi connectivity index (χ3n) is 1.19. The second-order valence-electron chi connectivity index (χ2n) is 1.89. The van der Waals surface area contributed by atoms with Gasteiger partial charge in [-0.25, -0.2) is 4.68 Å². The van der Waals surface area contributed by atoms with Crippen LogP contribution in [0.15, 0.2) is 6.20 Å². The molecule has 0 atom stereocenters. The van der Waals surface area contributed by atoms with Crippen LogP contribution in [-0.2, 0) is 7.05 Å². The van der Waals surface area contributed by atoms with E-state index in [9.17, 15) is 0 Å². The molecule has 9 heavy (non-hydrogen) atoms. The first-order chi connectivity index (χ1) is 4.25. The maximum absolute atomic E-state index is 6.71. The minimum Gasteiger partial charge on any atom is -0.362 e. The Hall–Kier alpha value is -1.30. The number of aryl methyl sites for hydroxylation is 2. The van der Waals surface area contributed by atoms with E-state index in [0.29, 0.717) is 5.82 Å². The molecule has 0 aliphatic heterocycles. The normalized spacial score (nSPS) is 9.00. The number of rotatable bonds is 0. The van der Waals surface area contributed by atoms with Gasteiger partial charge in [0.25, 0.3) is 5.82 Å². The predicted octanol–water partition coefficient (Wildman–Crippen LogP) is 1.28. The van der Waals surface area contributed by atoms with Gasteiger partial charge in [0.05, 0.1) is 13.2 Å². The molecule has 3 heteroatoms. The summed E-state index contributed by atoms with van der Waals surface area (Å²) in [4.78, 5) is 3.28. The van der Waals surface area contributed by atoms with E-state index in [1.807, 2.05) is 6.92 Å². The summed E-state index contributed by atoms with van der Waals surface area (Å²) in [6.07, 6.45) is 1.69. The van der Waals surface area contributed by atoms with Gasteiger partial charge in [-0.2, -0.15) is 0 Å². The van der Waals surface area contributed by atoms with Gasteiger partial charge in [-0.05, 0) is 12.5 Å². The number of aromatic nitrogens is 2. The maximum atomic E-state index is 6.71. The molecule has 1 rings (SSSR count). The van der Waals surface area contributed by atoms with Gasteiger partial charge in [-0.1, -0.05) is 6.57 Å². The van der Waals surface area contributed by atoms with E-state index in [1.54, 1.807) is 17.9 Å². The summed E-state index contributed by atoms with van der Waals surface area (Å²) in [5, 5.41) is 3.89. The molecule has 0 N–H and O–H groups in total. The van der Waals surface area contributed by atoms with Crippen molar-refractivity contribution in [1.29, 1.82) is 0 Å². The van der Waals surface area contributed by atoms with Crippen molar-refractivity contribution >= 4 is 5.82 Å². The third kappa shape index (κ3) is 0.789. The molecule has 1 heterocycles. The Morgan fingerprint density at radius 3 is 2.67 bits per heavy atom. The molecule has 1 aromatic heterocycles. The van der Waals surface area contributed by atoms with E-state index in [2.05, 4.69) is 9.94 Å². The first kappa shape index (κ1) is 5.83. The highest BCUT2D eigenvalue weighted by molar-refractivity contribution is 5.43. The number of hydrogen-bond donors (Lipinski definition) is 0. The predicted molar refractivity (Wildman–Crippen MR) is 34.2 cm³/mol. The molecular formula is C6H7N3. The van der Waals surface area contributed by atoms with Crippen molar-refractivity contribution in [1.82, 2.24) is 9.78 Å². The maximum Gasteiger partial charge on any atom is 0.254 e. The average Bonchev–Trinajstić information content (AvgIpc) is 2.12. The van der Waals surface area contributed by atoms with Gasteiger partial charge in [-0.15, -0.1) is 5.10 Å². The highest BCUT2D eigenvalue weighted by Gasteiger charge is 2.00. The first-order valence-electron chi connectivity index (χ1n) is 2.61. The summed E-state index contributed by atoms with van der Waals surface area (Å²) in [6.45, 7) is 8.58. The highest BCUT2D eigenvalue weighted by atomic mass is 15.3. The van der Waals surface area contributed by atoms with Gasteiger partial charge >= 0.3 is 0 Å². The summed E-state index contributed by atoms with van der Waals surface area (Å²) in [5.41, 5.74) is 0.938. The van der Waals surface area contributed by atoms with Gasteiger partial charge in [0.1, 0.15) is 0 Å². The lowest BCUT2D eigenvalue weighted by Gasteiger charge is -1.87. The molecule has 0 bridgehead atoms. The van der Waals surface area contributed by atoms with Crippen molar-refractivity contribution in [3.8, 4) is 0 Å². The van der Waals surface area contributed by atoms with Crippen molar-refractivity contribution in [2.75, 3.05) is 0 Å². The van der Waals surface area contributed by atoms with Crippen LogP contribution in [0.3, 0.4) is 0 Å². The van der Waals surface area contributed by atoms with E-state index >= 15 is 0 Å². The lowest BCUT2D eigenvalue weighted by Crippen LogP contribution is -1.86. The van der Waals surface area contributed by atoms with Gasteiger partial charge in [0.2, 0.25) is 0 Å². The lowest BCUT2D eigenvalue weighted by atomic mass is 10.4. The Kier molecular flexibility index (Phi) is 1.23. The van der Waals surface area contributed by atoms with Crippen LogP contribution < -0.4 is 0 Å². The molecule has 0 saturated heterocycles. The van der Waals surface area contributed by atoms with E-state index in [0.717, 1.165) is 5.56 Å². The SMILES string of the molecule is [C-]#[N+]c1c(C)cnn1C. The Labute approximate surface area is 53.7 Å². The summed E-state index contributed by atoms with van der Waals surface area (Å²) < 4.78 is 1.57. The molecule has 0 aromatic carbocycles. The van der Waals surface area contributed by atoms with Crippen LogP contribution in [0.25, 0.3) is 4.85 Å². The molecule has 0 radical (unpaired) electrons. The molecule has 0 fully saturated rings. The topological polar surface area (TPSA) is 22.2 Å². The molecule has 0 saturated carbocycles. The van der Waals surface area contributed by atoms with Crippen molar-refractivity contribution in [3.05, 3.63) is 23.2 Å². The molecule has 1 aromatic rings. The molecule has 0 aliphatic rings. The van der Waals surface area contributed by atoms with Crippen LogP contribution in [0.2, 0.25) is 0 Å². The number of nitrogens with zero attached hydrogens (tertiary/aromatic N) is 3. The minimum absolute atomic E-state index is 0.620. The molecule has 0 amide bonds. The van der Waals surface area contributed by atoms with Gasteiger partial charge in [-0.3, -0.25) is 0 Å². The van der Waals surface area contributed by atoms with E-state index < -0.39 is 0 Å². The zero-order valence-corrected chi connectivity index (χ0v) is 5.42. The van der Waals surface area contributed by atoms with E-state index in [4.69, 9.17) is 6.57 Å². The zero-order valence-electron chi connectivity index (χ0n) is 5.42. The fraction of sp³-hybridized carbons (Fsp3) is 0.333. The fourth-order valence-corrected chi connectivity index (χ4v) is 0.701. The number of hydrogen-bond acceptors (Lipinski definition) is 1. The van der Waals surface area contributed by atoms with Gasteiger partial charge in [0.15, 0.2) is 0 Å². The Bertz CT molecular complexity index is 234. The second kappa shape index (κ2) is 1.90. The highest BCUT2D eigenvalue weighted by Crippen LogP contribution is 2.14. The Morgan fingerprint density at radius 2 is 2.44 bits per heavy atom. The van der Waals surface area contributed by atoms with E-state index in [-0.39, 0.29) is 0 Å². The van der Waals surface area contributed by atoms with E-state index in [1.165, 1.54) is 0 Å². The summed E-state index contributed by atoms with van der Waals surface area (Å²) in [6, 6.07) is 0. The fourth-order valence-electron chi connectivity index (χ4n) is 0.701. The van der Waals surface area contributed by atoms with Crippen LogP contribution in [0.4, 0.5) is 5.82 Å². The quantitative estimate of drug-likeness (QED) is 0.474. The molecule has 0 unspecified atom stereocenters. The van der Waals surface area contributed by atoms with Crippen LogP contribution in [0.1, 0.15) is 5.56 Å². The van der Waals surface area contributed by atoms with Gasteiger partial charge in [0, 0.05) is 0 Å². The molecule has 0 aliphatic carbocycles. The van der Waals surface area contributed by atoms with Crippen LogP contribution in [0, 0.1) is 13.5 Å². The molecule has 46 valence electrons. The monoisotopic (exact) mass is 121 g/mol. The smallest absolute Gasteiger partial charge is 0.254 e. The van der Waals surface area contributed by atoms with Crippen molar-refractivity contribution in [2.24, 2.45) is 7.05 Å². The minimum atomic E-state index is 0.620. The second-order valence-corrected chi connectivity index (χ2v) is 1.89. The first-order valence-corrected chi connectivity index (χ1v) is 2.61. The van der Waals surface area contributed by atoms with Crippen LogP contribution >= 0.6 is 0 Å². The van der Waals surface area contributed by atoms with Crippen molar-refractivity contribution in [2.45, 2.75) is 6.92 Å².